The van der Waals surface area contributed by atoms with E-state index < -0.39 is 11.2 Å². The molecule has 0 spiro atoms. The molecule has 12 heavy (non-hydrogen) atoms. The third-order valence-electron chi connectivity index (χ3n) is 1.70. The lowest BCUT2D eigenvalue weighted by atomic mass is 10.2. The number of hydrogen-bond acceptors (Lipinski definition) is 2. The number of benzene rings is 1. The van der Waals surface area contributed by atoms with E-state index in [4.69, 9.17) is 4.74 Å². The third-order valence-corrected chi connectivity index (χ3v) is 2.62. The molecule has 1 aromatic rings. The number of hydrogen-bond donors (Lipinski definition) is 0. The Bertz CT molecular complexity index is 271. The molecule has 1 rings (SSSR count). The van der Waals surface area contributed by atoms with Crippen LogP contribution in [0.3, 0.4) is 0 Å². The predicted molar refractivity (Wildman–Crippen MR) is 50.1 cm³/mol. The molecule has 1 aromatic carbocycles. The van der Waals surface area contributed by atoms with Crippen LogP contribution in [0.1, 0.15) is 5.56 Å². The van der Waals surface area contributed by atoms with Gasteiger partial charge in [0.05, 0.1) is 7.11 Å². The van der Waals surface area contributed by atoms with Gasteiger partial charge in [0.2, 0.25) is 0 Å². The maximum absolute atomic E-state index is 11.1. The average Bonchev–Trinajstić information content (AvgIpc) is 2.04. The van der Waals surface area contributed by atoms with Gasteiger partial charge in [-0.05, 0) is 41.9 Å². The van der Waals surface area contributed by atoms with Crippen LogP contribution < -0.4 is 4.74 Å². The van der Waals surface area contributed by atoms with Crippen molar-refractivity contribution >= 4 is 11.2 Å². The fourth-order valence-electron chi connectivity index (χ4n) is 1.03. The summed E-state index contributed by atoms with van der Waals surface area (Å²) >= 11 is -0.905. The Balaban J connectivity index is 3.02. The lowest BCUT2D eigenvalue weighted by molar-refractivity contribution is 0.411. The lowest BCUT2D eigenvalue weighted by Gasteiger charge is -2.07. The molecule has 0 saturated carbocycles. The van der Waals surface area contributed by atoms with Crippen LogP contribution in [-0.4, -0.2) is 17.9 Å². The molecule has 0 radical (unpaired) electrons. The molecule has 0 amide bonds. The lowest BCUT2D eigenvalue weighted by Crippen LogP contribution is -1.98. The Morgan fingerprint density at radius 2 is 2.08 bits per heavy atom. The SMILES string of the molecule is COc1ccc([S+](C)[O-])cc1C. The number of aryl methyl sites for hydroxylation is 1. The molecule has 3 heteroatoms. The summed E-state index contributed by atoms with van der Waals surface area (Å²) in [5.41, 5.74) is 1.02. The van der Waals surface area contributed by atoms with Crippen molar-refractivity contribution in [2.45, 2.75) is 11.8 Å². The van der Waals surface area contributed by atoms with Crippen LogP contribution in [0, 0.1) is 6.92 Å². The molecule has 0 aromatic heterocycles. The first kappa shape index (κ1) is 9.42. The second-order valence-corrected chi connectivity index (χ2v) is 3.97. The van der Waals surface area contributed by atoms with E-state index in [1.54, 1.807) is 13.4 Å². The fraction of sp³-hybridized carbons (Fsp3) is 0.333. The van der Waals surface area contributed by atoms with Gasteiger partial charge in [0.1, 0.15) is 12.0 Å². The van der Waals surface area contributed by atoms with Crippen molar-refractivity contribution in [1.82, 2.24) is 0 Å². The first-order valence-corrected chi connectivity index (χ1v) is 5.19. The summed E-state index contributed by atoms with van der Waals surface area (Å²) in [5.74, 6) is 0.837. The quantitative estimate of drug-likeness (QED) is 0.656. The van der Waals surface area contributed by atoms with Crippen LogP contribution in [0.2, 0.25) is 0 Å². The maximum Gasteiger partial charge on any atom is 0.152 e. The Kier molecular flexibility index (Phi) is 3.00. The van der Waals surface area contributed by atoms with Crippen molar-refractivity contribution in [2.75, 3.05) is 13.4 Å². The molecular formula is C9H12O2S. The van der Waals surface area contributed by atoms with Crippen molar-refractivity contribution in [3.8, 4) is 5.75 Å². The van der Waals surface area contributed by atoms with E-state index in [-0.39, 0.29) is 0 Å². The molecule has 0 aliphatic rings. The first-order valence-electron chi connectivity index (χ1n) is 3.63. The van der Waals surface area contributed by atoms with E-state index in [9.17, 15) is 4.55 Å². The molecule has 0 heterocycles. The zero-order valence-corrected chi connectivity index (χ0v) is 8.27. The Morgan fingerprint density at radius 3 is 2.50 bits per heavy atom. The Morgan fingerprint density at radius 1 is 1.42 bits per heavy atom. The largest absolute Gasteiger partial charge is 0.612 e. The molecule has 0 fully saturated rings. The van der Waals surface area contributed by atoms with Crippen molar-refractivity contribution in [1.29, 1.82) is 0 Å². The molecule has 66 valence electrons. The van der Waals surface area contributed by atoms with Gasteiger partial charge in [0.15, 0.2) is 4.90 Å². The van der Waals surface area contributed by atoms with Gasteiger partial charge in [-0.15, -0.1) is 0 Å². The van der Waals surface area contributed by atoms with Crippen LogP contribution in [0.4, 0.5) is 0 Å². The van der Waals surface area contributed by atoms with Crippen LogP contribution in [0.5, 0.6) is 5.75 Å². The molecule has 0 N–H and O–H groups in total. The normalized spacial score (nSPS) is 12.7. The van der Waals surface area contributed by atoms with E-state index in [0.717, 1.165) is 16.2 Å². The van der Waals surface area contributed by atoms with Gasteiger partial charge in [-0.25, -0.2) is 0 Å². The number of methoxy groups -OCH3 is 1. The fourth-order valence-corrected chi connectivity index (χ4v) is 1.63. The molecule has 0 saturated heterocycles. The first-order chi connectivity index (χ1) is 5.65. The van der Waals surface area contributed by atoms with Crippen LogP contribution in [0.15, 0.2) is 23.1 Å². The van der Waals surface area contributed by atoms with Crippen LogP contribution in [-0.2, 0) is 11.2 Å². The minimum Gasteiger partial charge on any atom is -0.612 e. The van der Waals surface area contributed by atoms with Crippen LogP contribution in [0.25, 0.3) is 0 Å². The molecule has 0 bridgehead atoms. The molecular weight excluding hydrogens is 172 g/mol. The van der Waals surface area contributed by atoms with E-state index >= 15 is 0 Å². The monoisotopic (exact) mass is 184 g/mol. The van der Waals surface area contributed by atoms with Crippen molar-refractivity contribution in [3.63, 3.8) is 0 Å². The summed E-state index contributed by atoms with van der Waals surface area (Å²) in [4.78, 5) is 0.841. The molecule has 1 atom stereocenters. The molecule has 0 aliphatic carbocycles. The van der Waals surface area contributed by atoms with Crippen molar-refractivity contribution in [2.24, 2.45) is 0 Å². The van der Waals surface area contributed by atoms with Gasteiger partial charge >= 0.3 is 0 Å². The smallest absolute Gasteiger partial charge is 0.152 e. The highest BCUT2D eigenvalue weighted by Gasteiger charge is 2.06. The second-order valence-electron chi connectivity index (χ2n) is 2.59. The summed E-state index contributed by atoms with van der Waals surface area (Å²) in [7, 11) is 1.63. The van der Waals surface area contributed by atoms with E-state index in [1.807, 2.05) is 25.1 Å². The van der Waals surface area contributed by atoms with E-state index in [2.05, 4.69) is 0 Å². The van der Waals surface area contributed by atoms with E-state index in [1.165, 1.54) is 0 Å². The standard InChI is InChI=1S/C9H12O2S/c1-7-6-8(12(3)10)4-5-9(7)11-2/h4-6H,1-3H3. The molecule has 0 aliphatic heterocycles. The Labute approximate surface area is 75.7 Å². The topological polar surface area (TPSA) is 32.3 Å². The zero-order chi connectivity index (χ0) is 9.14. The average molecular weight is 184 g/mol. The highest BCUT2D eigenvalue weighted by molar-refractivity contribution is 7.90. The highest BCUT2D eigenvalue weighted by atomic mass is 32.2. The zero-order valence-electron chi connectivity index (χ0n) is 7.46. The van der Waals surface area contributed by atoms with Gasteiger partial charge < -0.3 is 9.29 Å². The van der Waals surface area contributed by atoms with E-state index in [0.29, 0.717) is 0 Å². The minimum absolute atomic E-state index is 0.837. The minimum atomic E-state index is -0.905. The molecule has 2 nitrogen and oxygen atoms in total. The summed E-state index contributed by atoms with van der Waals surface area (Å²) in [5, 5.41) is 0. The second kappa shape index (κ2) is 3.83. The van der Waals surface area contributed by atoms with Gasteiger partial charge in [-0.1, -0.05) is 0 Å². The third kappa shape index (κ3) is 1.93. The highest BCUT2D eigenvalue weighted by Crippen LogP contribution is 2.20. The van der Waals surface area contributed by atoms with Gasteiger partial charge in [-0.2, -0.15) is 0 Å². The Hall–Kier alpha value is -0.670. The van der Waals surface area contributed by atoms with Gasteiger partial charge in [0, 0.05) is 0 Å². The summed E-state index contributed by atoms with van der Waals surface area (Å²) in [6.07, 6.45) is 1.67. The predicted octanol–water partition coefficient (Wildman–Crippen LogP) is 1.74. The van der Waals surface area contributed by atoms with Crippen molar-refractivity contribution in [3.05, 3.63) is 23.8 Å². The number of ether oxygens (including phenoxy) is 1. The number of rotatable bonds is 2. The summed E-state index contributed by atoms with van der Waals surface area (Å²) < 4.78 is 16.1. The van der Waals surface area contributed by atoms with Crippen molar-refractivity contribution < 1.29 is 9.29 Å². The summed E-state index contributed by atoms with van der Waals surface area (Å²) in [6, 6.07) is 5.54. The maximum atomic E-state index is 11.1. The van der Waals surface area contributed by atoms with Crippen LogP contribution >= 0.6 is 0 Å². The van der Waals surface area contributed by atoms with Gasteiger partial charge in [0.25, 0.3) is 0 Å². The van der Waals surface area contributed by atoms with Gasteiger partial charge in [-0.3, -0.25) is 0 Å². The molecule has 1 unspecified atom stereocenters. The summed E-state index contributed by atoms with van der Waals surface area (Å²) in [6.45, 7) is 1.94.